The number of rotatable bonds is 4. The Morgan fingerprint density at radius 1 is 1.48 bits per heavy atom. The minimum atomic E-state index is -3.84. The molecule has 0 aromatic heterocycles. The van der Waals surface area contributed by atoms with E-state index < -0.39 is 26.5 Å². The van der Waals surface area contributed by atoms with Gasteiger partial charge in [-0.2, -0.15) is 8.70 Å². The molecule has 0 saturated carbocycles. The van der Waals surface area contributed by atoms with Crippen molar-refractivity contribution in [2.24, 2.45) is 0 Å². The Hall–Kier alpha value is -1.54. The summed E-state index contributed by atoms with van der Waals surface area (Å²) in [5.74, 6) is -1.02. The maximum absolute atomic E-state index is 13.5. The minimum Gasteiger partial charge on any atom is -0.258 e. The quantitative estimate of drug-likeness (QED) is 0.631. The summed E-state index contributed by atoms with van der Waals surface area (Å²) >= 11 is 0. The van der Waals surface area contributed by atoms with E-state index in [0.717, 1.165) is 25.0 Å². The van der Waals surface area contributed by atoms with Crippen LogP contribution in [-0.4, -0.2) is 30.2 Å². The summed E-state index contributed by atoms with van der Waals surface area (Å²) in [5.41, 5.74) is -0.633. The monoisotopic (exact) mass is 316 g/mol. The van der Waals surface area contributed by atoms with Crippen molar-refractivity contribution in [2.75, 3.05) is 6.54 Å². The van der Waals surface area contributed by atoms with Crippen LogP contribution in [0.15, 0.2) is 17.0 Å². The van der Waals surface area contributed by atoms with Crippen molar-refractivity contribution in [1.82, 2.24) is 4.31 Å². The van der Waals surface area contributed by atoms with Crippen LogP contribution < -0.4 is 0 Å². The van der Waals surface area contributed by atoms with Crippen LogP contribution in [0.25, 0.3) is 0 Å². The van der Waals surface area contributed by atoms with Crippen molar-refractivity contribution in [1.29, 1.82) is 0 Å². The molecule has 1 aromatic rings. The van der Waals surface area contributed by atoms with Gasteiger partial charge < -0.3 is 0 Å². The number of benzene rings is 1. The second-order valence-electron chi connectivity index (χ2n) is 5.15. The molecule has 0 amide bonds. The Balaban J connectivity index is 2.54. The second-order valence-corrected chi connectivity index (χ2v) is 7.01. The second kappa shape index (κ2) is 5.69. The van der Waals surface area contributed by atoms with Gasteiger partial charge in [-0.3, -0.25) is 10.1 Å². The molecule has 1 heterocycles. The largest absolute Gasteiger partial charge is 0.306 e. The molecule has 1 saturated heterocycles. The topological polar surface area (TPSA) is 80.5 Å². The molecule has 6 nitrogen and oxygen atoms in total. The molecule has 1 unspecified atom stereocenters. The van der Waals surface area contributed by atoms with E-state index in [9.17, 15) is 22.9 Å². The standard InChI is InChI=1S/C13H17FN2O4S/c1-3-10-5-4-6-15(10)21(19,20)13-8-12(16(17)18)11(14)7-9(13)2/h7-8,10H,3-6H2,1-2H3. The molecule has 0 spiro atoms. The summed E-state index contributed by atoms with van der Waals surface area (Å²) in [4.78, 5) is 9.72. The van der Waals surface area contributed by atoms with E-state index in [1.165, 1.54) is 11.2 Å². The number of aryl methyl sites for hydroxylation is 1. The van der Waals surface area contributed by atoms with E-state index in [0.29, 0.717) is 13.0 Å². The normalized spacial score (nSPS) is 19.9. The first-order valence-electron chi connectivity index (χ1n) is 6.75. The molecule has 21 heavy (non-hydrogen) atoms. The SMILES string of the molecule is CCC1CCCN1S(=O)(=O)c1cc([N+](=O)[O-])c(F)cc1C. The third-order valence-corrected chi connectivity index (χ3v) is 5.92. The van der Waals surface area contributed by atoms with Crippen molar-refractivity contribution < 1.29 is 17.7 Å². The molecular weight excluding hydrogens is 299 g/mol. The van der Waals surface area contributed by atoms with E-state index in [-0.39, 0.29) is 16.5 Å². The Bertz CT molecular complexity index is 675. The van der Waals surface area contributed by atoms with Crippen LogP contribution in [0, 0.1) is 22.9 Å². The van der Waals surface area contributed by atoms with E-state index in [1.54, 1.807) is 0 Å². The highest BCUT2D eigenvalue weighted by Gasteiger charge is 2.36. The summed E-state index contributed by atoms with van der Waals surface area (Å²) in [5, 5.41) is 10.8. The van der Waals surface area contributed by atoms with Gasteiger partial charge in [0.2, 0.25) is 15.8 Å². The summed E-state index contributed by atoms with van der Waals surface area (Å²) < 4.78 is 40.3. The molecule has 0 aliphatic carbocycles. The molecule has 0 radical (unpaired) electrons. The summed E-state index contributed by atoms with van der Waals surface area (Å²) in [6.07, 6.45) is 2.22. The van der Waals surface area contributed by atoms with Crippen molar-refractivity contribution in [3.8, 4) is 0 Å². The van der Waals surface area contributed by atoms with Crippen molar-refractivity contribution in [3.63, 3.8) is 0 Å². The molecule has 2 rings (SSSR count). The third-order valence-electron chi connectivity index (χ3n) is 3.82. The van der Waals surface area contributed by atoms with E-state index in [1.807, 2.05) is 6.92 Å². The van der Waals surface area contributed by atoms with Crippen LogP contribution in [0.5, 0.6) is 0 Å². The molecule has 1 aromatic carbocycles. The van der Waals surface area contributed by atoms with Crippen LogP contribution in [0.4, 0.5) is 10.1 Å². The van der Waals surface area contributed by atoms with Gasteiger partial charge in [-0.05, 0) is 37.8 Å². The lowest BCUT2D eigenvalue weighted by molar-refractivity contribution is -0.387. The van der Waals surface area contributed by atoms with Crippen LogP contribution in [-0.2, 0) is 10.0 Å². The fourth-order valence-corrected chi connectivity index (χ4v) is 4.72. The molecule has 1 atom stereocenters. The summed E-state index contributed by atoms with van der Waals surface area (Å²) in [6.45, 7) is 3.74. The van der Waals surface area contributed by atoms with Gasteiger partial charge in [-0.15, -0.1) is 0 Å². The lowest BCUT2D eigenvalue weighted by atomic mass is 10.2. The van der Waals surface area contributed by atoms with Crippen LogP contribution in [0.2, 0.25) is 0 Å². The first kappa shape index (κ1) is 15.8. The predicted octanol–water partition coefficient (Wildman–Crippen LogP) is 2.61. The van der Waals surface area contributed by atoms with Gasteiger partial charge in [0, 0.05) is 18.7 Å². The Morgan fingerprint density at radius 2 is 2.14 bits per heavy atom. The maximum atomic E-state index is 13.5. The van der Waals surface area contributed by atoms with E-state index in [4.69, 9.17) is 0 Å². The minimum absolute atomic E-state index is 0.0986. The molecule has 1 fully saturated rings. The Kier molecular flexibility index (Phi) is 4.29. The molecule has 1 aliphatic rings. The average Bonchev–Trinajstić information content (AvgIpc) is 2.86. The van der Waals surface area contributed by atoms with Gasteiger partial charge in [0.05, 0.1) is 9.82 Å². The average molecular weight is 316 g/mol. The van der Waals surface area contributed by atoms with Gasteiger partial charge in [0.25, 0.3) is 0 Å². The van der Waals surface area contributed by atoms with Gasteiger partial charge in [0.15, 0.2) is 0 Å². The van der Waals surface area contributed by atoms with Crippen molar-refractivity contribution in [3.05, 3.63) is 33.6 Å². The fourth-order valence-electron chi connectivity index (χ4n) is 2.72. The van der Waals surface area contributed by atoms with Gasteiger partial charge in [0.1, 0.15) is 0 Å². The smallest absolute Gasteiger partial charge is 0.258 e. The third kappa shape index (κ3) is 2.77. The molecule has 0 N–H and O–H groups in total. The Morgan fingerprint density at radius 3 is 2.71 bits per heavy atom. The summed E-state index contributed by atoms with van der Waals surface area (Å²) in [6, 6.07) is 1.63. The maximum Gasteiger partial charge on any atom is 0.306 e. The molecule has 0 bridgehead atoms. The number of halogens is 1. The van der Waals surface area contributed by atoms with Crippen LogP contribution >= 0.6 is 0 Å². The van der Waals surface area contributed by atoms with Gasteiger partial charge >= 0.3 is 5.69 Å². The first-order valence-corrected chi connectivity index (χ1v) is 8.19. The zero-order valence-electron chi connectivity index (χ0n) is 11.9. The van der Waals surface area contributed by atoms with Crippen molar-refractivity contribution >= 4 is 15.7 Å². The molecule has 8 heteroatoms. The lowest BCUT2D eigenvalue weighted by Crippen LogP contribution is -2.35. The first-order chi connectivity index (χ1) is 9.78. The Labute approximate surface area is 122 Å². The lowest BCUT2D eigenvalue weighted by Gasteiger charge is -2.23. The van der Waals surface area contributed by atoms with Crippen molar-refractivity contribution in [2.45, 2.75) is 44.0 Å². The zero-order chi connectivity index (χ0) is 15.8. The number of nitro benzene ring substituents is 1. The number of sulfonamides is 1. The van der Waals surface area contributed by atoms with E-state index in [2.05, 4.69) is 0 Å². The number of hydrogen-bond donors (Lipinski definition) is 0. The fraction of sp³-hybridized carbons (Fsp3) is 0.538. The van der Waals surface area contributed by atoms with E-state index >= 15 is 0 Å². The highest BCUT2D eigenvalue weighted by molar-refractivity contribution is 7.89. The highest BCUT2D eigenvalue weighted by Crippen LogP contribution is 2.32. The van der Waals surface area contributed by atoms with Gasteiger partial charge in [-0.25, -0.2) is 8.42 Å². The predicted molar refractivity (Wildman–Crippen MR) is 75.0 cm³/mol. The number of hydrogen-bond acceptors (Lipinski definition) is 4. The molecule has 1 aliphatic heterocycles. The number of nitro groups is 1. The summed E-state index contributed by atoms with van der Waals surface area (Å²) in [7, 11) is -3.84. The molecule has 116 valence electrons. The number of nitrogens with zero attached hydrogens (tertiary/aromatic N) is 2. The van der Waals surface area contributed by atoms with Gasteiger partial charge in [-0.1, -0.05) is 6.92 Å². The van der Waals surface area contributed by atoms with Crippen LogP contribution in [0.3, 0.4) is 0 Å². The van der Waals surface area contributed by atoms with Crippen LogP contribution in [0.1, 0.15) is 31.7 Å². The zero-order valence-corrected chi connectivity index (χ0v) is 12.7. The highest BCUT2D eigenvalue weighted by atomic mass is 32.2. The molecular formula is C13H17FN2O4S.